The van der Waals surface area contributed by atoms with Gasteiger partial charge in [0.15, 0.2) is 0 Å². The molecule has 0 aliphatic heterocycles. The van der Waals surface area contributed by atoms with Crippen molar-refractivity contribution in [1.29, 1.82) is 0 Å². The molecule has 0 saturated carbocycles. The van der Waals surface area contributed by atoms with Crippen LogP contribution in [-0.4, -0.2) is 23.0 Å². The summed E-state index contributed by atoms with van der Waals surface area (Å²) < 4.78 is 0. The van der Waals surface area contributed by atoms with Crippen molar-refractivity contribution in [3.05, 3.63) is 109 Å². The molecule has 3 amide bonds. The molecule has 0 bridgehead atoms. The van der Waals surface area contributed by atoms with Gasteiger partial charge in [0.05, 0.1) is 6.04 Å². The van der Waals surface area contributed by atoms with Crippen molar-refractivity contribution >= 4 is 45.3 Å². The van der Waals surface area contributed by atoms with Gasteiger partial charge in [-0.1, -0.05) is 73.8 Å². The third-order valence-corrected chi connectivity index (χ3v) is 5.35. The molecule has 0 heterocycles. The Labute approximate surface area is 215 Å². The van der Waals surface area contributed by atoms with E-state index in [1.54, 1.807) is 12.1 Å². The van der Waals surface area contributed by atoms with E-state index in [1.165, 1.54) is 0 Å². The highest BCUT2D eigenvalue weighted by Gasteiger charge is 2.16. The molecule has 186 valence electrons. The number of nitrogens with one attached hydrogen (secondary N) is 3. The van der Waals surface area contributed by atoms with E-state index >= 15 is 0 Å². The van der Waals surface area contributed by atoms with Gasteiger partial charge in [-0.05, 0) is 65.1 Å². The second-order valence-electron chi connectivity index (χ2n) is 7.67. The van der Waals surface area contributed by atoms with Gasteiger partial charge in [-0.3, -0.25) is 30.0 Å². The predicted molar refractivity (Wildman–Crippen MR) is 142 cm³/mol. The van der Waals surface area contributed by atoms with E-state index in [9.17, 15) is 19.2 Å². The lowest BCUT2D eigenvalue weighted by Gasteiger charge is -2.18. The van der Waals surface area contributed by atoms with Gasteiger partial charge >= 0.3 is 0 Å². The molecule has 3 rings (SSSR count). The molecule has 0 aromatic heterocycles. The molecular formula is C28H28ClN3O4. The van der Waals surface area contributed by atoms with Gasteiger partial charge in [0.25, 0.3) is 11.8 Å². The molecule has 3 N–H and O–H groups in total. The van der Waals surface area contributed by atoms with Crippen LogP contribution in [0.4, 0.5) is 0 Å². The Bertz CT molecular complexity index is 1270. The van der Waals surface area contributed by atoms with E-state index in [1.807, 2.05) is 61.5 Å². The van der Waals surface area contributed by atoms with E-state index in [2.05, 4.69) is 29.3 Å². The molecule has 1 unspecified atom stereocenters. The topological polar surface area (TPSA) is 104 Å². The van der Waals surface area contributed by atoms with Crippen molar-refractivity contribution < 1.29 is 19.2 Å². The van der Waals surface area contributed by atoms with Crippen molar-refractivity contribution in [2.45, 2.75) is 25.8 Å². The maximum absolute atomic E-state index is 13.0. The lowest BCUT2D eigenvalue weighted by molar-refractivity contribution is -0.126. The number of hydrogen-bond donors (Lipinski definition) is 3. The summed E-state index contributed by atoms with van der Waals surface area (Å²) in [5, 5.41) is 4.79. The Kier molecular flexibility index (Phi) is 11.1. The van der Waals surface area contributed by atoms with E-state index in [-0.39, 0.29) is 24.3 Å². The average Bonchev–Trinajstić information content (AvgIpc) is 2.90. The van der Waals surface area contributed by atoms with Crippen LogP contribution in [0.25, 0.3) is 10.8 Å². The Morgan fingerprint density at radius 3 is 2.22 bits per heavy atom. The van der Waals surface area contributed by atoms with Crippen molar-refractivity contribution in [1.82, 2.24) is 16.2 Å². The van der Waals surface area contributed by atoms with Crippen LogP contribution >= 0.6 is 11.6 Å². The maximum Gasteiger partial charge on any atom is 0.261 e. The van der Waals surface area contributed by atoms with Gasteiger partial charge in [0.2, 0.25) is 11.1 Å². The minimum atomic E-state index is -0.509. The van der Waals surface area contributed by atoms with Crippen LogP contribution in [0.15, 0.2) is 92.0 Å². The molecule has 0 spiro atoms. The number of rotatable bonds is 8. The Hall–Kier alpha value is -4.23. The van der Waals surface area contributed by atoms with Gasteiger partial charge in [-0.15, -0.1) is 0 Å². The molecule has 0 radical (unpaired) electrons. The number of allylic oxidation sites excluding steroid dienone is 1. The smallest absolute Gasteiger partial charge is 0.261 e. The first-order valence-electron chi connectivity index (χ1n) is 11.2. The molecular weight excluding hydrogens is 478 g/mol. The third-order valence-electron chi connectivity index (χ3n) is 5.19. The Balaban J connectivity index is 0.000000830. The number of benzene rings is 3. The summed E-state index contributed by atoms with van der Waals surface area (Å²) in [6.45, 7) is 8.35. The van der Waals surface area contributed by atoms with Gasteiger partial charge in [-0.25, -0.2) is 0 Å². The van der Waals surface area contributed by atoms with Crippen LogP contribution in [0.1, 0.15) is 40.9 Å². The molecule has 0 saturated heterocycles. The monoisotopic (exact) mass is 505 g/mol. The zero-order valence-electron chi connectivity index (χ0n) is 19.9. The largest absolute Gasteiger partial charge is 0.345 e. The van der Waals surface area contributed by atoms with E-state index in [4.69, 9.17) is 11.6 Å². The van der Waals surface area contributed by atoms with Crippen LogP contribution in [0, 0.1) is 0 Å². The SMILES string of the molecule is C=CC(=O)Cl.C=CC(=O)NNC(=O)CCc1ccccc1C(=O)NC(C)c1cccc2ccccc12. The molecule has 7 nitrogen and oxygen atoms in total. The number of aryl methyl sites for hydroxylation is 1. The van der Waals surface area contributed by atoms with Crippen molar-refractivity contribution in [3.8, 4) is 0 Å². The van der Waals surface area contributed by atoms with Crippen LogP contribution in [-0.2, 0) is 20.8 Å². The van der Waals surface area contributed by atoms with Crippen molar-refractivity contribution in [2.75, 3.05) is 0 Å². The lowest BCUT2D eigenvalue weighted by atomic mass is 9.98. The highest BCUT2D eigenvalue weighted by Crippen LogP contribution is 2.24. The maximum atomic E-state index is 13.0. The molecule has 1 atom stereocenters. The number of hydrogen-bond acceptors (Lipinski definition) is 4. The standard InChI is InChI=1S/C25H25N3O3.C3H3ClO/c1-3-23(29)27-28-24(30)16-15-19-10-5-7-13-22(19)25(31)26-17(2)20-14-8-11-18-9-4-6-12-21(18)20;1-2-3(4)5/h3-14,17H,1,15-16H2,2H3,(H,26,31)(H,27,29)(H,28,30);2H,1H2. The summed E-state index contributed by atoms with van der Waals surface area (Å²) in [6.07, 6.45) is 2.60. The number of carbonyl (C=O) groups is 4. The normalized spacial score (nSPS) is 10.7. The predicted octanol–water partition coefficient (Wildman–Crippen LogP) is 4.53. The fourth-order valence-corrected chi connectivity index (χ4v) is 3.43. The van der Waals surface area contributed by atoms with Crippen molar-refractivity contribution in [2.24, 2.45) is 0 Å². The highest BCUT2D eigenvalue weighted by atomic mass is 35.5. The fraction of sp³-hybridized carbons (Fsp3) is 0.143. The van der Waals surface area contributed by atoms with Crippen molar-refractivity contribution in [3.63, 3.8) is 0 Å². The summed E-state index contributed by atoms with van der Waals surface area (Å²) in [4.78, 5) is 45.5. The number of hydrazine groups is 1. The van der Waals surface area contributed by atoms with E-state index < -0.39 is 11.1 Å². The molecule has 3 aromatic carbocycles. The van der Waals surface area contributed by atoms with Crippen LogP contribution in [0.2, 0.25) is 0 Å². The average molecular weight is 506 g/mol. The first-order valence-corrected chi connectivity index (χ1v) is 11.5. The number of carbonyl (C=O) groups excluding carboxylic acids is 4. The van der Waals surface area contributed by atoms with Gasteiger partial charge in [0.1, 0.15) is 0 Å². The van der Waals surface area contributed by atoms with Gasteiger partial charge < -0.3 is 5.32 Å². The van der Waals surface area contributed by atoms with Crippen LogP contribution in [0.5, 0.6) is 0 Å². The fourth-order valence-electron chi connectivity index (χ4n) is 3.43. The van der Waals surface area contributed by atoms with Gasteiger partial charge in [-0.2, -0.15) is 0 Å². The Morgan fingerprint density at radius 2 is 1.53 bits per heavy atom. The number of halogens is 1. The molecule has 3 aromatic rings. The second kappa shape index (κ2) is 14.2. The van der Waals surface area contributed by atoms with Crippen LogP contribution in [0.3, 0.4) is 0 Å². The molecule has 8 heteroatoms. The quantitative estimate of drug-likeness (QED) is 0.237. The third kappa shape index (κ3) is 8.52. The summed E-state index contributed by atoms with van der Waals surface area (Å²) in [6, 6.07) is 21.1. The minimum absolute atomic E-state index is 0.126. The van der Waals surface area contributed by atoms with E-state index in [0.29, 0.717) is 12.0 Å². The molecule has 0 aliphatic rings. The zero-order chi connectivity index (χ0) is 26.5. The molecule has 36 heavy (non-hydrogen) atoms. The van der Waals surface area contributed by atoms with Crippen LogP contribution < -0.4 is 16.2 Å². The first kappa shape index (κ1) is 28.0. The summed E-state index contributed by atoms with van der Waals surface area (Å²) in [7, 11) is 0. The highest BCUT2D eigenvalue weighted by molar-refractivity contribution is 6.66. The second-order valence-corrected chi connectivity index (χ2v) is 8.04. The summed E-state index contributed by atoms with van der Waals surface area (Å²) >= 11 is 4.71. The molecule has 0 aliphatic carbocycles. The lowest BCUT2D eigenvalue weighted by Crippen LogP contribution is -2.40. The zero-order valence-corrected chi connectivity index (χ0v) is 20.7. The first-order chi connectivity index (χ1) is 17.3. The molecule has 0 fully saturated rings. The summed E-state index contributed by atoms with van der Waals surface area (Å²) in [5.41, 5.74) is 6.87. The van der Waals surface area contributed by atoms with Gasteiger partial charge in [0, 0.05) is 12.0 Å². The summed E-state index contributed by atoms with van der Waals surface area (Å²) in [5.74, 6) is -1.04. The van der Waals surface area contributed by atoms with E-state index in [0.717, 1.165) is 34.1 Å². The number of fused-ring (bicyclic) bond motifs is 1. The Morgan fingerprint density at radius 1 is 0.889 bits per heavy atom. The number of amides is 3. The minimum Gasteiger partial charge on any atom is -0.345 e.